The Labute approximate surface area is 164 Å². The van der Waals surface area contributed by atoms with Crippen LogP contribution < -0.4 is 5.32 Å². The first-order chi connectivity index (χ1) is 12.6. The van der Waals surface area contributed by atoms with Gasteiger partial charge in [0.2, 0.25) is 0 Å². The van der Waals surface area contributed by atoms with Gasteiger partial charge in [-0.1, -0.05) is 65.7 Å². The van der Waals surface area contributed by atoms with Crippen molar-refractivity contribution in [1.29, 1.82) is 0 Å². The zero-order chi connectivity index (χ0) is 18.1. The van der Waals surface area contributed by atoms with Crippen LogP contribution in [-0.4, -0.2) is 11.1 Å². The molecule has 0 radical (unpaired) electrons. The van der Waals surface area contributed by atoms with E-state index in [-0.39, 0.29) is 5.91 Å². The maximum absolute atomic E-state index is 12.3. The summed E-state index contributed by atoms with van der Waals surface area (Å²) in [6.45, 7) is 0. The van der Waals surface area contributed by atoms with Gasteiger partial charge in [-0.05, 0) is 52.4 Å². The number of nitrogens with one attached hydrogen (secondary N) is 1. The molecule has 4 rings (SSSR count). The number of benzene rings is 3. The van der Waals surface area contributed by atoms with E-state index in [0.717, 1.165) is 16.3 Å². The number of thioether (sulfide) groups is 1. The van der Waals surface area contributed by atoms with Crippen molar-refractivity contribution in [3.8, 4) is 0 Å². The van der Waals surface area contributed by atoms with Crippen LogP contribution >= 0.6 is 35.0 Å². The molecule has 1 aliphatic rings. The molecule has 128 valence electrons. The second kappa shape index (κ2) is 7.16. The second-order valence-electron chi connectivity index (χ2n) is 5.65. The standard InChI is InChI=1S/C20H12Cl2N2OS/c21-16-9-8-14(11-17(16)22)23-20-24-19(25)18(26-20)10-13-6-3-5-12-4-1-2-7-15(12)13/h1-11H,(H,23,24,25)/b18-10+. The fraction of sp³-hybridized carbons (Fsp3) is 0. The lowest BCUT2D eigenvalue weighted by Crippen LogP contribution is -2.19. The van der Waals surface area contributed by atoms with Crippen molar-refractivity contribution in [2.75, 3.05) is 0 Å². The van der Waals surface area contributed by atoms with Crippen molar-refractivity contribution >= 4 is 68.6 Å². The average molecular weight is 399 g/mol. The van der Waals surface area contributed by atoms with E-state index >= 15 is 0 Å². The zero-order valence-electron chi connectivity index (χ0n) is 13.4. The number of carbonyl (C=O) groups excluding carboxylic acids is 1. The van der Waals surface area contributed by atoms with Crippen molar-refractivity contribution in [3.63, 3.8) is 0 Å². The van der Waals surface area contributed by atoms with Gasteiger partial charge in [-0.25, -0.2) is 4.99 Å². The highest BCUT2D eigenvalue weighted by atomic mass is 35.5. The summed E-state index contributed by atoms with van der Waals surface area (Å²) in [4.78, 5) is 17.3. The van der Waals surface area contributed by atoms with E-state index in [0.29, 0.717) is 25.8 Å². The number of amides is 1. The fourth-order valence-electron chi connectivity index (χ4n) is 2.67. The van der Waals surface area contributed by atoms with Crippen LogP contribution in [0.25, 0.3) is 16.8 Å². The molecule has 0 unspecified atom stereocenters. The molecule has 3 aromatic carbocycles. The SMILES string of the molecule is O=C1NC(=Nc2ccc(Cl)c(Cl)c2)S/C1=C/c1cccc2ccccc12. The van der Waals surface area contributed by atoms with Gasteiger partial charge >= 0.3 is 0 Å². The predicted octanol–water partition coefficient (Wildman–Crippen LogP) is 6.04. The van der Waals surface area contributed by atoms with Crippen LogP contribution in [0.4, 0.5) is 5.69 Å². The molecule has 0 spiro atoms. The van der Waals surface area contributed by atoms with E-state index in [1.165, 1.54) is 11.8 Å². The van der Waals surface area contributed by atoms with Crippen LogP contribution in [0.5, 0.6) is 0 Å². The lowest BCUT2D eigenvalue weighted by atomic mass is 10.0. The lowest BCUT2D eigenvalue weighted by Gasteiger charge is -2.02. The van der Waals surface area contributed by atoms with Crippen LogP contribution in [0.3, 0.4) is 0 Å². The van der Waals surface area contributed by atoms with Crippen LogP contribution in [0.15, 0.2) is 70.6 Å². The Balaban J connectivity index is 1.66. The average Bonchev–Trinajstić information content (AvgIpc) is 2.98. The Hall–Kier alpha value is -2.27. The molecule has 6 heteroatoms. The van der Waals surface area contributed by atoms with E-state index in [9.17, 15) is 4.79 Å². The quantitative estimate of drug-likeness (QED) is 0.534. The van der Waals surface area contributed by atoms with Gasteiger partial charge in [0.05, 0.1) is 20.6 Å². The Morgan fingerprint density at radius 2 is 1.77 bits per heavy atom. The van der Waals surface area contributed by atoms with Crippen molar-refractivity contribution < 1.29 is 4.79 Å². The summed E-state index contributed by atoms with van der Waals surface area (Å²) in [5, 5.41) is 6.43. The largest absolute Gasteiger partial charge is 0.300 e. The summed E-state index contributed by atoms with van der Waals surface area (Å²) in [5.41, 5.74) is 1.63. The van der Waals surface area contributed by atoms with Crippen molar-refractivity contribution in [2.45, 2.75) is 0 Å². The van der Waals surface area contributed by atoms with Crippen molar-refractivity contribution in [3.05, 3.63) is 81.2 Å². The normalized spacial score (nSPS) is 17.2. The second-order valence-corrected chi connectivity index (χ2v) is 7.49. The molecule has 1 saturated heterocycles. The van der Waals surface area contributed by atoms with Gasteiger partial charge in [0.25, 0.3) is 5.91 Å². The number of fused-ring (bicyclic) bond motifs is 1. The summed E-state index contributed by atoms with van der Waals surface area (Å²) >= 11 is 13.2. The molecule has 0 saturated carbocycles. The van der Waals surface area contributed by atoms with Crippen molar-refractivity contribution in [2.24, 2.45) is 4.99 Å². The molecule has 1 N–H and O–H groups in total. The highest BCUT2D eigenvalue weighted by Gasteiger charge is 2.24. The molecule has 0 aromatic heterocycles. The minimum absolute atomic E-state index is 0.165. The summed E-state index contributed by atoms with van der Waals surface area (Å²) in [7, 11) is 0. The first kappa shape index (κ1) is 17.2. The molecule has 1 aliphatic heterocycles. The minimum Gasteiger partial charge on any atom is -0.300 e. The van der Waals surface area contributed by atoms with E-state index in [1.54, 1.807) is 18.2 Å². The van der Waals surface area contributed by atoms with Crippen LogP contribution in [0.2, 0.25) is 10.0 Å². The number of nitrogens with zero attached hydrogens (tertiary/aromatic N) is 1. The lowest BCUT2D eigenvalue weighted by molar-refractivity contribution is -0.115. The molecule has 0 atom stereocenters. The van der Waals surface area contributed by atoms with Gasteiger partial charge in [0.1, 0.15) is 0 Å². The monoisotopic (exact) mass is 398 g/mol. The molecule has 1 amide bonds. The van der Waals surface area contributed by atoms with Crippen molar-refractivity contribution in [1.82, 2.24) is 5.32 Å². The summed E-state index contributed by atoms with van der Waals surface area (Å²) in [6.07, 6.45) is 1.89. The highest BCUT2D eigenvalue weighted by molar-refractivity contribution is 8.18. The topological polar surface area (TPSA) is 41.5 Å². The molecule has 0 aliphatic carbocycles. The van der Waals surface area contributed by atoms with Crippen LogP contribution in [0.1, 0.15) is 5.56 Å². The maximum Gasteiger partial charge on any atom is 0.264 e. The number of aliphatic imine (C=N–C) groups is 1. The number of halogens is 2. The summed E-state index contributed by atoms with van der Waals surface area (Å²) < 4.78 is 0. The number of rotatable bonds is 2. The van der Waals surface area contributed by atoms with E-state index < -0.39 is 0 Å². The summed E-state index contributed by atoms with van der Waals surface area (Å²) in [5.74, 6) is -0.165. The van der Waals surface area contributed by atoms with Crippen LogP contribution in [0, 0.1) is 0 Å². The molecule has 0 bridgehead atoms. The Kier molecular flexibility index (Phi) is 4.72. The third-order valence-electron chi connectivity index (χ3n) is 3.89. The van der Waals surface area contributed by atoms with E-state index in [1.807, 2.05) is 36.4 Å². The Morgan fingerprint density at radius 3 is 2.62 bits per heavy atom. The van der Waals surface area contributed by atoms with Gasteiger partial charge in [0.15, 0.2) is 5.17 Å². The number of hydrogen-bond donors (Lipinski definition) is 1. The van der Waals surface area contributed by atoms with Gasteiger partial charge in [0, 0.05) is 0 Å². The summed E-state index contributed by atoms with van der Waals surface area (Å²) in [6, 6.07) is 19.2. The number of amidine groups is 1. The number of carbonyl (C=O) groups is 1. The third kappa shape index (κ3) is 3.49. The number of hydrogen-bond acceptors (Lipinski definition) is 3. The van der Waals surface area contributed by atoms with Gasteiger partial charge in [-0.2, -0.15) is 0 Å². The molecule has 1 heterocycles. The molecular weight excluding hydrogens is 387 g/mol. The van der Waals surface area contributed by atoms with Gasteiger partial charge < -0.3 is 5.32 Å². The maximum atomic E-state index is 12.3. The Bertz CT molecular complexity index is 1090. The first-order valence-corrected chi connectivity index (χ1v) is 9.40. The molecular formula is C20H12Cl2N2OS. The smallest absolute Gasteiger partial charge is 0.264 e. The molecule has 1 fully saturated rings. The van der Waals surface area contributed by atoms with E-state index in [2.05, 4.69) is 22.4 Å². The Morgan fingerprint density at radius 1 is 0.962 bits per heavy atom. The predicted molar refractivity (Wildman–Crippen MR) is 111 cm³/mol. The minimum atomic E-state index is -0.165. The van der Waals surface area contributed by atoms with Gasteiger partial charge in [-0.15, -0.1) is 0 Å². The molecule has 3 aromatic rings. The van der Waals surface area contributed by atoms with Crippen LogP contribution in [-0.2, 0) is 4.79 Å². The molecule has 3 nitrogen and oxygen atoms in total. The van der Waals surface area contributed by atoms with Gasteiger partial charge in [-0.3, -0.25) is 4.79 Å². The highest BCUT2D eigenvalue weighted by Crippen LogP contribution is 2.32. The fourth-order valence-corrected chi connectivity index (χ4v) is 3.79. The molecule has 26 heavy (non-hydrogen) atoms. The first-order valence-electron chi connectivity index (χ1n) is 7.82. The zero-order valence-corrected chi connectivity index (χ0v) is 15.7. The third-order valence-corrected chi connectivity index (χ3v) is 5.54. The van der Waals surface area contributed by atoms with E-state index in [4.69, 9.17) is 23.2 Å².